The average molecular weight is 399 g/mol. The van der Waals surface area contributed by atoms with Crippen LogP contribution in [0.4, 0.5) is 5.69 Å². The highest BCUT2D eigenvalue weighted by atomic mass is 16.5. The van der Waals surface area contributed by atoms with Crippen LogP contribution in [-0.4, -0.2) is 28.3 Å². The zero-order valence-corrected chi connectivity index (χ0v) is 17.5. The van der Waals surface area contributed by atoms with Gasteiger partial charge in [0, 0.05) is 12.0 Å². The van der Waals surface area contributed by atoms with E-state index in [4.69, 9.17) is 4.74 Å². The van der Waals surface area contributed by atoms with E-state index in [1.807, 2.05) is 32.9 Å². The topological polar surface area (TPSA) is 90.3 Å². The molecule has 0 spiro atoms. The van der Waals surface area contributed by atoms with Crippen molar-refractivity contribution in [1.29, 1.82) is 0 Å². The number of ether oxygens (including phenoxy) is 1. The van der Waals surface area contributed by atoms with Crippen LogP contribution in [0.15, 0.2) is 35.1 Å². The number of amides is 1. The number of rotatable bonds is 9. The van der Waals surface area contributed by atoms with Gasteiger partial charge in [-0.2, -0.15) is 9.78 Å². The fourth-order valence-electron chi connectivity index (χ4n) is 3.21. The molecule has 7 heteroatoms. The summed E-state index contributed by atoms with van der Waals surface area (Å²) in [4.78, 5) is 38.0. The Hall–Kier alpha value is -2.96. The molecule has 1 aromatic heterocycles. The number of nitrogens with one attached hydrogen (secondary N) is 1. The summed E-state index contributed by atoms with van der Waals surface area (Å²) in [5.41, 5.74) is 0.955. The summed E-state index contributed by atoms with van der Waals surface area (Å²) in [6, 6.07) is 8.47. The van der Waals surface area contributed by atoms with Crippen molar-refractivity contribution in [2.75, 3.05) is 11.9 Å². The molecule has 0 saturated carbocycles. The second kappa shape index (κ2) is 10.5. The summed E-state index contributed by atoms with van der Waals surface area (Å²) in [6.45, 7) is 7.73. The zero-order valence-electron chi connectivity index (χ0n) is 17.5. The predicted octanol–water partition coefficient (Wildman–Crippen LogP) is 3.87. The Morgan fingerprint density at radius 1 is 1.14 bits per heavy atom. The van der Waals surface area contributed by atoms with E-state index in [2.05, 4.69) is 10.4 Å². The second-order valence-electron chi connectivity index (χ2n) is 6.93. The Morgan fingerprint density at radius 2 is 1.79 bits per heavy atom. The lowest BCUT2D eigenvalue weighted by Gasteiger charge is -2.17. The van der Waals surface area contributed by atoms with Crippen molar-refractivity contribution >= 4 is 17.6 Å². The maximum absolute atomic E-state index is 12.7. The molecular formula is C22H29N3O4. The standard InChI is InChI=1S/C22H29N3O4/c1-5-10-16(11-6-2)21(27)23-17-14-19(26)25(18-13-9-8-12-15(18)4)24-20(17)22(28)29-7-3/h8-9,12-14,16H,5-7,10-11H2,1-4H3,(H,23,27). The molecule has 156 valence electrons. The number of benzene rings is 1. The maximum atomic E-state index is 12.7. The molecule has 0 bridgehead atoms. The summed E-state index contributed by atoms with van der Waals surface area (Å²) in [6.07, 6.45) is 3.22. The lowest BCUT2D eigenvalue weighted by Crippen LogP contribution is -2.29. The number of anilines is 1. The minimum atomic E-state index is -0.687. The third-order valence-corrected chi connectivity index (χ3v) is 4.65. The highest BCUT2D eigenvalue weighted by Gasteiger charge is 2.23. The van der Waals surface area contributed by atoms with Crippen molar-refractivity contribution in [3.63, 3.8) is 0 Å². The molecule has 1 aromatic carbocycles. The Labute approximate surface area is 171 Å². The van der Waals surface area contributed by atoms with Crippen LogP contribution in [-0.2, 0) is 9.53 Å². The number of para-hydroxylation sites is 1. The number of carbonyl (C=O) groups excluding carboxylic acids is 2. The summed E-state index contributed by atoms with van der Waals surface area (Å²) in [7, 11) is 0. The molecule has 0 aliphatic heterocycles. The Morgan fingerprint density at radius 3 is 2.38 bits per heavy atom. The molecule has 1 N–H and O–H groups in total. The monoisotopic (exact) mass is 399 g/mol. The van der Waals surface area contributed by atoms with Crippen molar-refractivity contribution < 1.29 is 14.3 Å². The van der Waals surface area contributed by atoms with E-state index >= 15 is 0 Å². The molecule has 0 fully saturated rings. The van der Waals surface area contributed by atoms with Gasteiger partial charge in [-0.1, -0.05) is 44.9 Å². The molecule has 0 atom stereocenters. The zero-order chi connectivity index (χ0) is 21.4. The van der Waals surface area contributed by atoms with Gasteiger partial charge in [0.25, 0.3) is 5.56 Å². The molecule has 29 heavy (non-hydrogen) atoms. The SMILES string of the molecule is CCCC(CCC)C(=O)Nc1cc(=O)n(-c2ccccc2C)nc1C(=O)OCC. The number of hydrogen-bond donors (Lipinski definition) is 1. The number of esters is 1. The van der Waals surface area contributed by atoms with E-state index in [1.165, 1.54) is 6.07 Å². The molecule has 0 saturated heterocycles. The van der Waals surface area contributed by atoms with E-state index < -0.39 is 11.5 Å². The molecule has 0 radical (unpaired) electrons. The van der Waals surface area contributed by atoms with E-state index in [0.717, 1.165) is 35.9 Å². The van der Waals surface area contributed by atoms with E-state index in [-0.39, 0.29) is 29.8 Å². The van der Waals surface area contributed by atoms with Crippen molar-refractivity contribution in [1.82, 2.24) is 9.78 Å². The van der Waals surface area contributed by atoms with Crippen molar-refractivity contribution in [3.8, 4) is 5.69 Å². The van der Waals surface area contributed by atoms with Gasteiger partial charge in [0.05, 0.1) is 18.0 Å². The first-order valence-electron chi connectivity index (χ1n) is 10.1. The van der Waals surface area contributed by atoms with Gasteiger partial charge >= 0.3 is 5.97 Å². The van der Waals surface area contributed by atoms with Crippen LogP contribution in [0.25, 0.3) is 5.69 Å². The lowest BCUT2D eigenvalue weighted by molar-refractivity contribution is -0.120. The van der Waals surface area contributed by atoms with Crippen LogP contribution in [0, 0.1) is 12.8 Å². The van der Waals surface area contributed by atoms with Crippen molar-refractivity contribution in [2.24, 2.45) is 5.92 Å². The van der Waals surface area contributed by atoms with Gasteiger partial charge in [-0.05, 0) is 38.3 Å². The molecule has 1 heterocycles. The van der Waals surface area contributed by atoms with Crippen LogP contribution in [0.5, 0.6) is 0 Å². The first-order valence-corrected chi connectivity index (χ1v) is 10.1. The quantitative estimate of drug-likeness (QED) is 0.647. The molecule has 7 nitrogen and oxygen atoms in total. The van der Waals surface area contributed by atoms with Gasteiger partial charge in [-0.15, -0.1) is 0 Å². The first-order chi connectivity index (χ1) is 13.9. The summed E-state index contributed by atoms with van der Waals surface area (Å²) >= 11 is 0. The molecule has 2 rings (SSSR count). The maximum Gasteiger partial charge on any atom is 0.360 e. The highest BCUT2D eigenvalue weighted by Crippen LogP contribution is 2.20. The van der Waals surface area contributed by atoms with E-state index in [9.17, 15) is 14.4 Å². The predicted molar refractivity (Wildman–Crippen MR) is 112 cm³/mol. The normalized spacial score (nSPS) is 10.8. The van der Waals surface area contributed by atoms with Gasteiger partial charge in [0.2, 0.25) is 5.91 Å². The van der Waals surface area contributed by atoms with Crippen LogP contribution in [0.2, 0.25) is 0 Å². The summed E-state index contributed by atoms with van der Waals surface area (Å²) < 4.78 is 6.26. The average Bonchev–Trinajstić information content (AvgIpc) is 2.69. The van der Waals surface area contributed by atoms with Gasteiger partial charge in [-0.3, -0.25) is 9.59 Å². The molecule has 0 aliphatic carbocycles. The van der Waals surface area contributed by atoms with Gasteiger partial charge in [-0.25, -0.2) is 4.79 Å². The highest BCUT2D eigenvalue weighted by molar-refractivity contribution is 6.00. The molecule has 0 aliphatic rings. The number of carbonyl (C=O) groups is 2. The molecule has 1 amide bonds. The molecule has 0 unspecified atom stereocenters. The largest absolute Gasteiger partial charge is 0.461 e. The van der Waals surface area contributed by atoms with E-state index in [0.29, 0.717) is 5.69 Å². The van der Waals surface area contributed by atoms with E-state index in [1.54, 1.807) is 19.1 Å². The summed E-state index contributed by atoms with van der Waals surface area (Å²) in [5, 5.41) is 6.98. The molecular weight excluding hydrogens is 370 g/mol. The number of aryl methyl sites for hydroxylation is 1. The fraction of sp³-hybridized carbons (Fsp3) is 0.455. The van der Waals surface area contributed by atoms with Gasteiger partial charge in [0.1, 0.15) is 0 Å². The minimum absolute atomic E-state index is 0.0838. The minimum Gasteiger partial charge on any atom is -0.461 e. The first kappa shape index (κ1) is 22.3. The van der Waals surface area contributed by atoms with Crippen molar-refractivity contribution in [3.05, 3.63) is 51.9 Å². The lowest BCUT2D eigenvalue weighted by atomic mass is 9.97. The van der Waals surface area contributed by atoms with Crippen LogP contribution in [0.1, 0.15) is 62.5 Å². The Bertz CT molecular complexity index is 915. The van der Waals surface area contributed by atoms with Crippen LogP contribution < -0.4 is 10.9 Å². The molecule has 2 aromatic rings. The number of hydrogen-bond acceptors (Lipinski definition) is 5. The van der Waals surface area contributed by atoms with Crippen molar-refractivity contribution in [2.45, 2.75) is 53.4 Å². The summed E-state index contributed by atoms with van der Waals surface area (Å²) in [5.74, 6) is -1.08. The third-order valence-electron chi connectivity index (χ3n) is 4.65. The Kier molecular flexibility index (Phi) is 8.12. The van der Waals surface area contributed by atoms with Crippen LogP contribution >= 0.6 is 0 Å². The number of nitrogens with zero attached hydrogens (tertiary/aromatic N) is 2. The Balaban J connectivity index is 2.50. The second-order valence-corrected chi connectivity index (χ2v) is 6.93. The third kappa shape index (κ3) is 5.53. The number of aromatic nitrogens is 2. The smallest absolute Gasteiger partial charge is 0.360 e. The fourth-order valence-corrected chi connectivity index (χ4v) is 3.21. The van der Waals surface area contributed by atoms with Gasteiger partial charge in [0.15, 0.2) is 5.69 Å². The van der Waals surface area contributed by atoms with Crippen LogP contribution in [0.3, 0.4) is 0 Å². The van der Waals surface area contributed by atoms with Gasteiger partial charge < -0.3 is 10.1 Å².